The second-order valence-corrected chi connectivity index (χ2v) is 6.08. The molecule has 0 spiro atoms. The summed E-state index contributed by atoms with van der Waals surface area (Å²) < 4.78 is 13.9. The van der Waals surface area contributed by atoms with E-state index in [1.165, 1.54) is 25.0 Å². The molecule has 0 amide bonds. The number of likely N-dealkylation sites (tertiary alicyclic amines) is 1. The van der Waals surface area contributed by atoms with Crippen molar-refractivity contribution in [3.8, 4) is 0 Å². The average Bonchev–Trinajstić information content (AvgIpc) is 2.65. The predicted octanol–water partition coefficient (Wildman–Crippen LogP) is 3.98. The average molecular weight is 344 g/mol. The maximum atomic E-state index is 13.2. The van der Waals surface area contributed by atoms with E-state index in [4.69, 9.17) is 0 Å². The van der Waals surface area contributed by atoms with Gasteiger partial charge < -0.3 is 5.11 Å². The Bertz CT molecular complexity index is 473. The molecule has 1 N–H and O–H groups in total. The molecule has 3 nitrogen and oxygen atoms in total. The molecule has 1 fully saturated rings. The Kier molecular flexibility index (Phi) is 5.54. The standard InChI is InChI=1S/C15H19BrFNO2/c16-13-9-11(17)5-6-12(13)14(10-15(19)20)18-7-3-1-2-4-8-18/h5-6,9,14H,1-4,7-8,10H2,(H,19,20). The molecule has 20 heavy (non-hydrogen) atoms. The zero-order chi connectivity index (χ0) is 14.5. The van der Waals surface area contributed by atoms with E-state index in [2.05, 4.69) is 20.8 Å². The van der Waals surface area contributed by atoms with Gasteiger partial charge in [-0.25, -0.2) is 4.39 Å². The summed E-state index contributed by atoms with van der Waals surface area (Å²) in [5, 5.41) is 9.18. The summed E-state index contributed by atoms with van der Waals surface area (Å²) in [6, 6.07) is 4.30. The van der Waals surface area contributed by atoms with Gasteiger partial charge in [-0.1, -0.05) is 34.8 Å². The van der Waals surface area contributed by atoms with Gasteiger partial charge in [0.1, 0.15) is 5.82 Å². The number of benzene rings is 1. The molecule has 5 heteroatoms. The normalized spacial score (nSPS) is 18.5. The first kappa shape index (κ1) is 15.4. The highest BCUT2D eigenvalue weighted by molar-refractivity contribution is 9.10. The molecule has 0 bridgehead atoms. The van der Waals surface area contributed by atoms with Crippen molar-refractivity contribution in [1.29, 1.82) is 0 Å². The Labute approximate surface area is 126 Å². The lowest BCUT2D eigenvalue weighted by Crippen LogP contribution is -2.31. The summed E-state index contributed by atoms with van der Waals surface area (Å²) in [5.74, 6) is -1.14. The first-order valence-electron chi connectivity index (χ1n) is 6.98. The highest BCUT2D eigenvalue weighted by atomic mass is 79.9. The van der Waals surface area contributed by atoms with Gasteiger partial charge in [0, 0.05) is 10.5 Å². The molecule has 0 radical (unpaired) electrons. The fraction of sp³-hybridized carbons (Fsp3) is 0.533. The van der Waals surface area contributed by atoms with Crippen molar-refractivity contribution in [2.75, 3.05) is 13.1 Å². The molecule has 1 saturated heterocycles. The van der Waals surface area contributed by atoms with Crippen LogP contribution in [0.2, 0.25) is 0 Å². The summed E-state index contributed by atoms with van der Waals surface area (Å²) in [6.45, 7) is 1.81. The van der Waals surface area contributed by atoms with Crippen LogP contribution in [-0.4, -0.2) is 29.1 Å². The molecule has 0 saturated carbocycles. The number of nitrogens with zero attached hydrogens (tertiary/aromatic N) is 1. The molecule has 1 unspecified atom stereocenters. The Morgan fingerprint density at radius 3 is 2.50 bits per heavy atom. The van der Waals surface area contributed by atoms with Crippen LogP contribution in [0.15, 0.2) is 22.7 Å². The van der Waals surface area contributed by atoms with Gasteiger partial charge in [-0.3, -0.25) is 9.69 Å². The Balaban J connectivity index is 2.27. The van der Waals surface area contributed by atoms with Crippen molar-refractivity contribution in [1.82, 2.24) is 4.90 Å². The quantitative estimate of drug-likeness (QED) is 0.898. The molecule has 0 aliphatic carbocycles. The van der Waals surface area contributed by atoms with E-state index in [0.29, 0.717) is 4.47 Å². The second kappa shape index (κ2) is 7.18. The lowest BCUT2D eigenvalue weighted by molar-refractivity contribution is -0.138. The second-order valence-electron chi connectivity index (χ2n) is 5.23. The number of rotatable bonds is 4. The summed E-state index contributed by atoms with van der Waals surface area (Å²) in [7, 11) is 0. The van der Waals surface area contributed by atoms with E-state index in [-0.39, 0.29) is 18.3 Å². The Morgan fingerprint density at radius 1 is 1.30 bits per heavy atom. The van der Waals surface area contributed by atoms with Crippen LogP contribution in [0, 0.1) is 5.82 Å². The number of hydrogen-bond acceptors (Lipinski definition) is 2. The van der Waals surface area contributed by atoms with Gasteiger partial charge >= 0.3 is 5.97 Å². The molecule has 110 valence electrons. The minimum atomic E-state index is -0.824. The van der Waals surface area contributed by atoms with Crippen molar-refractivity contribution in [3.05, 3.63) is 34.1 Å². The van der Waals surface area contributed by atoms with Crippen LogP contribution in [0.1, 0.15) is 43.7 Å². The summed E-state index contributed by atoms with van der Waals surface area (Å²) >= 11 is 3.36. The predicted molar refractivity (Wildman–Crippen MR) is 79.1 cm³/mol. The summed E-state index contributed by atoms with van der Waals surface area (Å²) in [4.78, 5) is 13.4. The largest absolute Gasteiger partial charge is 0.481 e. The number of aliphatic carboxylic acids is 1. The molecule has 0 aromatic heterocycles. The lowest BCUT2D eigenvalue weighted by atomic mass is 10.0. The smallest absolute Gasteiger partial charge is 0.305 e. The van der Waals surface area contributed by atoms with Gasteiger partial charge in [0.05, 0.1) is 6.42 Å². The number of carboxylic acid groups (broad SMARTS) is 1. The summed E-state index contributed by atoms with van der Waals surface area (Å²) in [5.41, 5.74) is 0.857. The van der Waals surface area contributed by atoms with Crippen molar-refractivity contribution in [2.24, 2.45) is 0 Å². The zero-order valence-electron chi connectivity index (χ0n) is 11.3. The van der Waals surface area contributed by atoms with Crippen LogP contribution < -0.4 is 0 Å². The molecule has 1 atom stereocenters. The monoisotopic (exact) mass is 343 g/mol. The first-order chi connectivity index (χ1) is 9.58. The number of carbonyl (C=O) groups is 1. The minimum Gasteiger partial charge on any atom is -0.481 e. The number of halogens is 2. The molecule has 1 aliphatic heterocycles. The van der Waals surface area contributed by atoms with Gasteiger partial charge in [0.15, 0.2) is 0 Å². The maximum Gasteiger partial charge on any atom is 0.305 e. The highest BCUT2D eigenvalue weighted by Gasteiger charge is 2.25. The zero-order valence-corrected chi connectivity index (χ0v) is 12.9. The Hall–Kier alpha value is -0.940. The van der Waals surface area contributed by atoms with E-state index in [1.54, 1.807) is 6.07 Å². The van der Waals surface area contributed by atoms with Crippen LogP contribution in [0.5, 0.6) is 0 Å². The van der Waals surface area contributed by atoms with Crippen molar-refractivity contribution in [2.45, 2.75) is 38.1 Å². The van der Waals surface area contributed by atoms with Crippen LogP contribution in [-0.2, 0) is 4.79 Å². The van der Waals surface area contributed by atoms with E-state index in [9.17, 15) is 14.3 Å². The van der Waals surface area contributed by atoms with E-state index in [0.717, 1.165) is 31.5 Å². The van der Waals surface area contributed by atoms with Gasteiger partial charge in [-0.15, -0.1) is 0 Å². The van der Waals surface area contributed by atoms with E-state index >= 15 is 0 Å². The molecule has 1 aromatic rings. The number of hydrogen-bond donors (Lipinski definition) is 1. The lowest BCUT2D eigenvalue weighted by Gasteiger charge is -2.30. The van der Waals surface area contributed by atoms with Crippen LogP contribution in [0.3, 0.4) is 0 Å². The fourth-order valence-corrected chi connectivity index (χ4v) is 3.39. The first-order valence-corrected chi connectivity index (χ1v) is 7.78. The molecular formula is C15H19BrFNO2. The fourth-order valence-electron chi connectivity index (χ4n) is 2.78. The topological polar surface area (TPSA) is 40.5 Å². The molecular weight excluding hydrogens is 325 g/mol. The van der Waals surface area contributed by atoms with E-state index in [1.807, 2.05) is 0 Å². The third kappa shape index (κ3) is 4.03. The maximum absolute atomic E-state index is 13.2. The highest BCUT2D eigenvalue weighted by Crippen LogP contribution is 2.32. The molecule has 1 aromatic carbocycles. The van der Waals surface area contributed by atoms with Crippen LogP contribution >= 0.6 is 15.9 Å². The third-order valence-electron chi connectivity index (χ3n) is 3.77. The number of carboxylic acids is 1. The molecule has 1 heterocycles. The Morgan fingerprint density at radius 2 is 1.95 bits per heavy atom. The minimum absolute atomic E-state index is 0.0459. The van der Waals surface area contributed by atoms with Crippen LogP contribution in [0.25, 0.3) is 0 Å². The van der Waals surface area contributed by atoms with Crippen molar-refractivity contribution in [3.63, 3.8) is 0 Å². The summed E-state index contributed by atoms with van der Waals surface area (Å²) in [6.07, 6.45) is 4.62. The van der Waals surface area contributed by atoms with Gasteiger partial charge in [-0.2, -0.15) is 0 Å². The molecule has 2 rings (SSSR count). The van der Waals surface area contributed by atoms with Gasteiger partial charge in [0.2, 0.25) is 0 Å². The SMILES string of the molecule is O=C(O)CC(c1ccc(F)cc1Br)N1CCCCCC1. The van der Waals surface area contributed by atoms with Crippen molar-refractivity contribution >= 4 is 21.9 Å². The van der Waals surface area contributed by atoms with E-state index < -0.39 is 5.97 Å². The third-order valence-corrected chi connectivity index (χ3v) is 4.46. The van der Waals surface area contributed by atoms with Gasteiger partial charge in [0.25, 0.3) is 0 Å². The van der Waals surface area contributed by atoms with Gasteiger partial charge in [-0.05, 0) is 43.6 Å². The van der Waals surface area contributed by atoms with Crippen LogP contribution in [0.4, 0.5) is 4.39 Å². The molecule has 1 aliphatic rings. The van der Waals surface area contributed by atoms with Crippen molar-refractivity contribution < 1.29 is 14.3 Å².